The van der Waals surface area contributed by atoms with Crippen molar-refractivity contribution in [3.63, 3.8) is 0 Å². The van der Waals surface area contributed by atoms with Gasteiger partial charge in [-0.1, -0.05) is 39.8 Å². The van der Waals surface area contributed by atoms with Crippen LogP contribution in [0.2, 0.25) is 0 Å². The molecule has 14 nitrogen and oxygen atoms in total. The molecule has 1 aromatic carbocycles. The fraction of sp³-hybridized carbons (Fsp3) is 0.571. The zero-order valence-electron chi connectivity index (χ0n) is 24.5. The Bertz CT molecular complexity index is 1090. The summed E-state index contributed by atoms with van der Waals surface area (Å²) in [6, 6.07) is -0.407. The van der Waals surface area contributed by atoms with Crippen molar-refractivity contribution in [2.75, 3.05) is 0 Å². The third-order valence-corrected chi connectivity index (χ3v) is 6.32. The lowest BCUT2D eigenvalue weighted by atomic mass is 10.0. The first-order chi connectivity index (χ1) is 19.5. The molecule has 234 valence electrons. The van der Waals surface area contributed by atoms with Gasteiger partial charge < -0.3 is 47.1 Å². The van der Waals surface area contributed by atoms with E-state index in [1.54, 1.807) is 39.8 Å². The normalized spacial score (nSPS) is 15.5. The number of rotatable bonds is 17. The van der Waals surface area contributed by atoms with Crippen molar-refractivity contribution in [2.24, 2.45) is 17.6 Å². The van der Waals surface area contributed by atoms with Crippen molar-refractivity contribution in [1.82, 2.24) is 21.3 Å². The number of aromatic hydroxyl groups is 1. The number of aliphatic carboxylic acids is 1. The second kappa shape index (κ2) is 17.0. The van der Waals surface area contributed by atoms with Crippen LogP contribution in [0.3, 0.4) is 0 Å². The lowest BCUT2D eigenvalue weighted by molar-refractivity contribution is -0.142. The van der Waals surface area contributed by atoms with Gasteiger partial charge in [0.1, 0.15) is 30.2 Å². The first-order valence-electron chi connectivity index (χ1n) is 13.7. The SMILES string of the molecule is CC(C)C[C@H](NC(=O)[C@H](CC(=O)O)NC(=O)[C@@H](NC(=O)[C@@H](N)Cc1ccc(O)cc1)[C@@H](C)O)C(=O)N[C@H](C=O)C(C)C. The number of carbonyl (C=O) groups is 6. The van der Waals surface area contributed by atoms with Crippen LogP contribution in [0.15, 0.2) is 24.3 Å². The van der Waals surface area contributed by atoms with Crippen molar-refractivity contribution in [1.29, 1.82) is 0 Å². The fourth-order valence-electron chi connectivity index (χ4n) is 3.89. The number of nitrogens with one attached hydrogen (secondary N) is 4. The Morgan fingerprint density at radius 3 is 1.86 bits per heavy atom. The minimum absolute atomic E-state index is 0.0273. The van der Waals surface area contributed by atoms with Crippen LogP contribution in [0.5, 0.6) is 5.75 Å². The smallest absolute Gasteiger partial charge is 0.305 e. The molecule has 4 amide bonds. The highest BCUT2D eigenvalue weighted by molar-refractivity contribution is 5.96. The van der Waals surface area contributed by atoms with Crippen LogP contribution < -0.4 is 27.0 Å². The van der Waals surface area contributed by atoms with Gasteiger partial charge in [-0.2, -0.15) is 0 Å². The maximum Gasteiger partial charge on any atom is 0.305 e. The molecule has 0 saturated heterocycles. The van der Waals surface area contributed by atoms with Crippen LogP contribution in [0.25, 0.3) is 0 Å². The van der Waals surface area contributed by atoms with E-state index >= 15 is 0 Å². The van der Waals surface area contributed by atoms with E-state index in [2.05, 4.69) is 21.3 Å². The van der Waals surface area contributed by atoms with Gasteiger partial charge in [0.15, 0.2) is 0 Å². The summed E-state index contributed by atoms with van der Waals surface area (Å²) >= 11 is 0. The number of carboxylic acids is 1. The highest BCUT2D eigenvalue weighted by atomic mass is 16.4. The number of nitrogens with two attached hydrogens (primary N) is 1. The molecule has 1 aromatic rings. The molecule has 9 N–H and O–H groups in total. The monoisotopic (exact) mass is 593 g/mol. The van der Waals surface area contributed by atoms with E-state index in [0.29, 0.717) is 11.8 Å². The van der Waals surface area contributed by atoms with Gasteiger partial charge in [0.2, 0.25) is 23.6 Å². The van der Waals surface area contributed by atoms with Gasteiger partial charge in [0.25, 0.3) is 0 Å². The molecule has 0 spiro atoms. The van der Waals surface area contributed by atoms with Crippen molar-refractivity contribution in [3.05, 3.63) is 29.8 Å². The second-order valence-corrected chi connectivity index (χ2v) is 11.0. The molecule has 1 rings (SSSR count). The number of phenolic OH excluding ortho intramolecular Hbond substituents is 1. The number of hydrogen-bond donors (Lipinski definition) is 8. The predicted octanol–water partition coefficient (Wildman–Crippen LogP) is -1.04. The molecule has 0 aromatic heterocycles. The summed E-state index contributed by atoms with van der Waals surface area (Å²) < 4.78 is 0. The summed E-state index contributed by atoms with van der Waals surface area (Å²) in [4.78, 5) is 74.6. The Labute approximate surface area is 244 Å². The number of aldehydes is 1. The van der Waals surface area contributed by atoms with E-state index in [-0.39, 0.29) is 30.4 Å². The molecule has 42 heavy (non-hydrogen) atoms. The minimum Gasteiger partial charge on any atom is -0.508 e. The van der Waals surface area contributed by atoms with Crippen LogP contribution in [0.4, 0.5) is 0 Å². The molecule has 0 bridgehead atoms. The number of carbonyl (C=O) groups excluding carboxylic acids is 5. The average molecular weight is 594 g/mol. The van der Waals surface area contributed by atoms with Gasteiger partial charge in [-0.3, -0.25) is 24.0 Å². The summed E-state index contributed by atoms with van der Waals surface area (Å²) in [5.41, 5.74) is 6.57. The van der Waals surface area contributed by atoms with Gasteiger partial charge in [-0.15, -0.1) is 0 Å². The van der Waals surface area contributed by atoms with Crippen molar-refractivity contribution < 1.29 is 44.1 Å². The third kappa shape index (κ3) is 12.2. The Kier molecular flexibility index (Phi) is 14.6. The number of carboxylic acid groups (broad SMARTS) is 1. The van der Waals surface area contributed by atoms with Gasteiger partial charge >= 0.3 is 5.97 Å². The summed E-state index contributed by atoms with van der Waals surface area (Å²) in [5, 5.41) is 38.5. The number of amides is 4. The Hall–Kier alpha value is -4.04. The quantitative estimate of drug-likeness (QED) is 0.102. The summed E-state index contributed by atoms with van der Waals surface area (Å²) in [5.74, 6) is -5.20. The van der Waals surface area contributed by atoms with Crippen LogP contribution in [0.1, 0.15) is 53.0 Å². The van der Waals surface area contributed by atoms with E-state index < -0.39 is 72.3 Å². The summed E-state index contributed by atoms with van der Waals surface area (Å²) in [6.07, 6.45) is -1.55. The molecule has 0 aliphatic carbocycles. The highest BCUT2D eigenvalue weighted by Gasteiger charge is 2.34. The van der Waals surface area contributed by atoms with Crippen molar-refractivity contribution in [3.8, 4) is 5.75 Å². The number of aliphatic hydroxyl groups excluding tert-OH is 1. The second-order valence-electron chi connectivity index (χ2n) is 11.0. The molecule has 0 heterocycles. The zero-order chi connectivity index (χ0) is 32.1. The molecular formula is C28H43N5O9. The third-order valence-electron chi connectivity index (χ3n) is 6.32. The Morgan fingerprint density at radius 2 is 1.38 bits per heavy atom. The molecular weight excluding hydrogens is 550 g/mol. The largest absolute Gasteiger partial charge is 0.508 e. The van der Waals surface area contributed by atoms with E-state index in [9.17, 15) is 44.1 Å². The fourth-order valence-corrected chi connectivity index (χ4v) is 3.89. The summed E-state index contributed by atoms with van der Waals surface area (Å²) in [7, 11) is 0. The van der Waals surface area contributed by atoms with E-state index in [4.69, 9.17) is 5.73 Å². The van der Waals surface area contributed by atoms with Crippen LogP contribution >= 0.6 is 0 Å². The van der Waals surface area contributed by atoms with E-state index in [1.165, 1.54) is 19.1 Å². The minimum atomic E-state index is -1.67. The summed E-state index contributed by atoms with van der Waals surface area (Å²) in [6.45, 7) is 8.26. The molecule has 0 radical (unpaired) electrons. The first kappa shape index (κ1) is 36.0. The number of benzene rings is 1. The Balaban J connectivity index is 3.04. The van der Waals surface area contributed by atoms with E-state index in [1.807, 2.05) is 0 Å². The van der Waals surface area contributed by atoms with Crippen LogP contribution in [-0.2, 0) is 35.2 Å². The van der Waals surface area contributed by atoms with E-state index in [0.717, 1.165) is 0 Å². The Morgan fingerprint density at radius 1 is 0.833 bits per heavy atom. The van der Waals surface area contributed by atoms with Crippen LogP contribution in [-0.4, -0.2) is 87.5 Å². The molecule has 0 fully saturated rings. The van der Waals surface area contributed by atoms with Crippen molar-refractivity contribution >= 4 is 35.9 Å². The topological polar surface area (TPSA) is 237 Å². The standard InChI is InChI=1S/C28H43N5O9/c1-14(2)10-20(26(40)32-22(13-34)15(3)4)30-27(41)21(12-23(37)38)31-28(42)24(16(5)35)33-25(39)19(29)11-17-6-8-18(36)9-7-17/h6-9,13-16,19-22,24,35-36H,10-12,29H2,1-5H3,(H,30,41)(H,31,42)(H,32,40)(H,33,39)(H,37,38)/t16-,19+,20+,21+,22-,24+/m1/s1. The maximum absolute atomic E-state index is 13.1. The molecule has 6 atom stereocenters. The predicted molar refractivity (Wildman–Crippen MR) is 152 cm³/mol. The molecule has 0 aliphatic rings. The lowest BCUT2D eigenvalue weighted by Crippen LogP contribution is -2.61. The molecule has 0 aliphatic heterocycles. The number of phenols is 1. The molecule has 14 heteroatoms. The van der Waals surface area contributed by atoms with Gasteiger partial charge in [0.05, 0.1) is 24.6 Å². The molecule has 0 saturated carbocycles. The average Bonchev–Trinajstić information content (AvgIpc) is 2.89. The van der Waals surface area contributed by atoms with Crippen molar-refractivity contribution in [2.45, 2.75) is 90.2 Å². The van der Waals surface area contributed by atoms with Gasteiger partial charge in [0, 0.05) is 0 Å². The number of aliphatic hydroxyl groups is 1. The van der Waals surface area contributed by atoms with Gasteiger partial charge in [-0.25, -0.2) is 0 Å². The van der Waals surface area contributed by atoms with Gasteiger partial charge in [-0.05, 0) is 49.3 Å². The first-order valence-corrected chi connectivity index (χ1v) is 13.7. The highest BCUT2D eigenvalue weighted by Crippen LogP contribution is 2.12. The number of hydrogen-bond acceptors (Lipinski definition) is 9. The molecule has 0 unspecified atom stereocenters. The zero-order valence-corrected chi connectivity index (χ0v) is 24.5. The van der Waals surface area contributed by atoms with Crippen LogP contribution in [0, 0.1) is 11.8 Å². The lowest BCUT2D eigenvalue weighted by Gasteiger charge is -2.27. The maximum atomic E-state index is 13.1.